The van der Waals surface area contributed by atoms with Gasteiger partial charge in [0.15, 0.2) is 0 Å². The van der Waals surface area contributed by atoms with E-state index in [-0.39, 0.29) is 0 Å². The summed E-state index contributed by atoms with van der Waals surface area (Å²) in [4.78, 5) is 0. The van der Waals surface area contributed by atoms with Crippen molar-refractivity contribution in [1.29, 1.82) is 0 Å². The van der Waals surface area contributed by atoms with Crippen LogP contribution in [0.25, 0.3) is 0 Å². The van der Waals surface area contributed by atoms with Crippen LogP contribution in [0.1, 0.15) is 19.3 Å². The summed E-state index contributed by atoms with van der Waals surface area (Å²) in [6.07, 6.45) is 8.61. The summed E-state index contributed by atoms with van der Waals surface area (Å²) in [7, 11) is 0. The van der Waals surface area contributed by atoms with Crippen molar-refractivity contribution in [2.75, 3.05) is 0 Å². The Morgan fingerprint density at radius 1 is 1.40 bits per heavy atom. The quantitative estimate of drug-likeness (QED) is 0.512. The topological polar surface area (TPSA) is 12.0 Å². The van der Waals surface area contributed by atoms with Gasteiger partial charge in [-0.1, -0.05) is 28.7 Å². The van der Waals surface area contributed by atoms with Gasteiger partial charge < -0.3 is 5.32 Å². The zero-order valence-electron chi connectivity index (χ0n) is 5.89. The van der Waals surface area contributed by atoms with Gasteiger partial charge >= 0.3 is 0 Å². The lowest BCUT2D eigenvalue weighted by molar-refractivity contribution is 0.365. The second kappa shape index (κ2) is 2.72. The first-order valence-corrected chi connectivity index (χ1v) is 5.17. The van der Waals surface area contributed by atoms with Crippen LogP contribution < -0.4 is 5.32 Å². The van der Waals surface area contributed by atoms with Gasteiger partial charge in [0.25, 0.3) is 0 Å². The summed E-state index contributed by atoms with van der Waals surface area (Å²) >= 11 is 2.57. The van der Waals surface area contributed by atoms with Crippen LogP contribution >= 0.6 is 22.6 Å². The SMILES string of the molecule is IC1CC[C@@H]2NC=CC2C1. The Bertz CT molecular complexity index is 155. The van der Waals surface area contributed by atoms with Crippen molar-refractivity contribution < 1.29 is 0 Å². The molecule has 1 nitrogen and oxygen atoms in total. The Labute approximate surface area is 75.4 Å². The zero-order chi connectivity index (χ0) is 6.97. The fourth-order valence-corrected chi connectivity index (χ4v) is 2.82. The molecule has 56 valence electrons. The van der Waals surface area contributed by atoms with Gasteiger partial charge in [0, 0.05) is 9.97 Å². The highest BCUT2D eigenvalue weighted by molar-refractivity contribution is 14.1. The predicted molar refractivity (Wildman–Crippen MR) is 51.2 cm³/mol. The van der Waals surface area contributed by atoms with Crippen molar-refractivity contribution in [3.05, 3.63) is 12.3 Å². The molecule has 1 N–H and O–H groups in total. The standard InChI is InChI=1S/C8H12IN/c9-7-1-2-8-6(5-7)3-4-10-8/h3-4,6-8,10H,1-2,5H2/t6?,7?,8-/m0/s1. The first-order valence-electron chi connectivity index (χ1n) is 3.93. The van der Waals surface area contributed by atoms with Crippen LogP contribution in [0, 0.1) is 5.92 Å². The normalized spacial score (nSPS) is 44.7. The van der Waals surface area contributed by atoms with Crippen molar-refractivity contribution in [1.82, 2.24) is 5.32 Å². The van der Waals surface area contributed by atoms with Gasteiger partial charge in [0.2, 0.25) is 0 Å². The fraction of sp³-hybridized carbons (Fsp3) is 0.750. The van der Waals surface area contributed by atoms with E-state index in [0.717, 1.165) is 15.9 Å². The van der Waals surface area contributed by atoms with Crippen LogP contribution in [0.5, 0.6) is 0 Å². The average Bonchev–Trinajstić information content (AvgIpc) is 2.33. The zero-order valence-corrected chi connectivity index (χ0v) is 8.04. The lowest BCUT2D eigenvalue weighted by Crippen LogP contribution is -2.32. The second-order valence-electron chi connectivity index (χ2n) is 3.21. The molecule has 0 aromatic carbocycles. The maximum atomic E-state index is 3.40. The third-order valence-electron chi connectivity index (χ3n) is 2.49. The molecular formula is C8H12IN. The van der Waals surface area contributed by atoms with Crippen LogP contribution in [0.2, 0.25) is 0 Å². The van der Waals surface area contributed by atoms with E-state index in [9.17, 15) is 0 Å². The van der Waals surface area contributed by atoms with E-state index >= 15 is 0 Å². The van der Waals surface area contributed by atoms with Crippen LogP contribution in [-0.4, -0.2) is 9.97 Å². The average molecular weight is 249 g/mol. The van der Waals surface area contributed by atoms with E-state index in [1.807, 2.05) is 0 Å². The monoisotopic (exact) mass is 249 g/mol. The molecule has 1 fully saturated rings. The number of halogens is 1. The predicted octanol–water partition coefficient (Wildman–Crippen LogP) is 2.08. The fourth-order valence-electron chi connectivity index (χ4n) is 1.87. The molecule has 2 unspecified atom stereocenters. The number of hydrogen-bond donors (Lipinski definition) is 1. The highest BCUT2D eigenvalue weighted by Crippen LogP contribution is 2.32. The molecule has 0 aromatic heterocycles. The molecule has 2 heteroatoms. The van der Waals surface area contributed by atoms with E-state index in [2.05, 4.69) is 40.2 Å². The third kappa shape index (κ3) is 1.18. The van der Waals surface area contributed by atoms with E-state index in [0.29, 0.717) is 0 Å². The first-order chi connectivity index (χ1) is 4.86. The molecule has 2 aliphatic rings. The minimum absolute atomic E-state index is 0.783. The van der Waals surface area contributed by atoms with Crippen molar-refractivity contribution in [2.45, 2.75) is 29.2 Å². The van der Waals surface area contributed by atoms with E-state index in [1.165, 1.54) is 19.3 Å². The van der Waals surface area contributed by atoms with Crippen molar-refractivity contribution in [2.24, 2.45) is 5.92 Å². The maximum Gasteiger partial charge on any atom is 0.0319 e. The summed E-state index contributed by atoms with van der Waals surface area (Å²) in [5, 5.41) is 3.40. The summed E-state index contributed by atoms with van der Waals surface area (Å²) in [5.41, 5.74) is 0. The summed E-state index contributed by atoms with van der Waals surface area (Å²) < 4.78 is 0.920. The summed E-state index contributed by atoms with van der Waals surface area (Å²) in [5.74, 6) is 0.843. The molecule has 0 bridgehead atoms. The molecule has 0 aromatic rings. The molecule has 0 saturated heterocycles. The highest BCUT2D eigenvalue weighted by Gasteiger charge is 2.29. The smallest absolute Gasteiger partial charge is 0.0319 e. The number of fused-ring (bicyclic) bond motifs is 1. The third-order valence-corrected chi connectivity index (χ3v) is 3.62. The minimum Gasteiger partial charge on any atom is -0.388 e. The Morgan fingerprint density at radius 3 is 3.20 bits per heavy atom. The minimum atomic E-state index is 0.783. The first kappa shape index (κ1) is 6.95. The Balaban J connectivity index is 2.01. The summed E-state index contributed by atoms with van der Waals surface area (Å²) in [6, 6.07) is 0.783. The Morgan fingerprint density at radius 2 is 2.30 bits per heavy atom. The molecule has 0 radical (unpaired) electrons. The molecule has 3 atom stereocenters. The van der Waals surface area contributed by atoms with Crippen LogP contribution in [0.15, 0.2) is 12.3 Å². The molecule has 1 aliphatic heterocycles. The number of rotatable bonds is 0. The van der Waals surface area contributed by atoms with Crippen molar-refractivity contribution in [3.63, 3.8) is 0 Å². The molecule has 2 rings (SSSR count). The molecule has 0 amide bonds. The number of hydrogen-bond acceptors (Lipinski definition) is 1. The second-order valence-corrected chi connectivity index (χ2v) is 4.97. The van der Waals surface area contributed by atoms with Gasteiger partial charge in [-0.3, -0.25) is 0 Å². The summed E-state index contributed by atoms with van der Waals surface area (Å²) in [6.45, 7) is 0. The molecule has 1 heterocycles. The Hall–Kier alpha value is 0.270. The molecular weight excluding hydrogens is 237 g/mol. The molecule has 0 spiro atoms. The largest absolute Gasteiger partial charge is 0.388 e. The van der Waals surface area contributed by atoms with Gasteiger partial charge in [0.1, 0.15) is 0 Å². The van der Waals surface area contributed by atoms with Gasteiger partial charge in [0.05, 0.1) is 0 Å². The van der Waals surface area contributed by atoms with Crippen LogP contribution in [0.3, 0.4) is 0 Å². The Kier molecular flexibility index (Phi) is 1.89. The van der Waals surface area contributed by atoms with Crippen molar-refractivity contribution >= 4 is 22.6 Å². The highest BCUT2D eigenvalue weighted by atomic mass is 127. The van der Waals surface area contributed by atoms with Gasteiger partial charge in [-0.25, -0.2) is 0 Å². The van der Waals surface area contributed by atoms with Crippen LogP contribution in [-0.2, 0) is 0 Å². The van der Waals surface area contributed by atoms with E-state index < -0.39 is 0 Å². The van der Waals surface area contributed by atoms with E-state index in [1.54, 1.807) is 0 Å². The molecule has 1 aliphatic carbocycles. The number of nitrogens with one attached hydrogen (secondary N) is 1. The lowest BCUT2D eigenvalue weighted by atomic mass is 9.86. The molecule has 10 heavy (non-hydrogen) atoms. The van der Waals surface area contributed by atoms with Gasteiger partial charge in [-0.15, -0.1) is 0 Å². The van der Waals surface area contributed by atoms with Gasteiger partial charge in [-0.2, -0.15) is 0 Å². The maximum absolute atomic E-state index is 3.40. The van der Waals surface area contributed by atoms with Crippen molar-refractivity contribution in [3.8, 4) is 0 Å². The van der Waals surface area contributed by atoms with Crippen LogP contribution in [0.4, 0.5) is 0 Å². The lowest BCUT2D eigenvalue weighted by Gasteiger charge is -2.28. The number of alkyl halides is 1. The van der Waals surface area contributed by atoms with E-state index in [4.69, 9.17) is 0 Å². The van der Waals surface area contributed by atoms with Gasteiger partial charge in [-0.05, 0) is 31.4 Å². The molecule has 1 saturated carbocycles.